The molecule has 218 valence electrons. The van der Waals surface area contributed by atoms with Crippen molar-refractivity contribution in [1.82, 2.24) is 10.2 Å². The molecule has 0 aliphatic rings. The lowest BCUT2D eigenvalue weighted by molar-refractivity contribution is -0.109. The maximum Gasteiger partial charge on any atom is 0.144 e. The van der Waals surface area contributed by atoms with Crippen molar-refractivity contribution >= 4 is 0 Å². The molecule has 3 N–H and O–H groups in total. The van der Waals surface area contributed by atoms with Crippen molar-refractivity contribution in [2.75, 3.05) is 79.3 Å². The first-order valence-corrected chi connectivity index (χ1v) is 14.3. The van der Waals surface area contributed by atoms with Gasteiger partial charge in [0, 0.05) is 46.0 Å². The maximum atomic E-state index is 9.38. The summed E-state index contributed by atoms with van der Waals surface area (Å²) in [5.74, 6) is 0. The Balaban J connectivity index is 4.72. The first kappa shape index (κ1) is 35.6. The van der Waals surface area contributed by atoms with Crippen molar-refractivity contribution in [1.29, 1.82) is 0 Å². The van der Waals surface area contributed by atoms with Gasteiger partial charge < -0.3 is 39.2 Å². The van der Waals surface area contributed by atoms with Gasteiger partial charge in [0.15, 0.2) is 0 Å². The van der Waals surface area contributed by atoms with Crippen molar-refractivity contribution in [3.63, 3.8) is 0 Å². The van der Waals surface area contributed by atoms with Crippen molar-refractivity contribution in [2.24, 2.45) is 0 Å². The largest absolute Gasteiger partial charge is 0.379 e. The molecule has 0 saturated heterocycles. The zero-order valence-corrected chi connectivity index (χ0v) is 23.8. The molecule has 0 aromatic heterocycles. The van der Waals surface area contributed by atoms with E-state index in [0.29, 0.717) is 45.6 Å². The fourth-order valence-electron chi connectivity index (χ4n) is 3.90. The van der Waals surface area contributed by atoms with Gasteiger partial charge in [-0.2, -0.15) is 0 Å². The van der Waals surface area contributed by atoms with Crippen LogP contribution in [0.1, 0.15) is 79.1 Å². The monoisotopic (exact) mass is 522 g/mol. The SMILES string of the molecule is CCCCOCC(CN(CCNCCCCC(CC)OCC)CC(COCCCC)OCO)OCO. The molecule has 0 bridgehead atoms. The number of nitrogens with one attached hydrogen (secondary N) is 1. The number of aliphatic hydroxyl groups is 2. The van der Waals surface area contributed by atoms with Crippen LogP contribution in [0.15, 0.2) is 0 Å². The number of rotatable bonds is 29. The van der Waals surface area contributed by atoms with Crippen LogP contribution in [0.25, 0.3) is 0 Å². The third-order valence-electron chi connectivity index (χ3n) is 6.03. The molecule has 0 spiro atoms. The molecule has 0 radical (unpaired) electrons. The van der Waals surface area contributed by atoms with E-state index >= 15 is 0 Å². The van der Waals surface area contributed by atoms with Gasteiger partial charge in [-0.15, -0.1) is 0 Å². The predicted molar refractivity (Wildman–Crippen MR) is 144 cm³/mol. The van der Waals surface area contributed by atoms with E-state index < -0.39 is 0 Å². The molecule has 0 fully saturated rings. The van der Waals surface area contributed by atoms with Crippen LogP contribution in [0.4, 0.5) is 0 Å². The average molecular weight is 523 g/mol. The topological polar surface area (TPSA) is 102 Å². The highest BCUT2D eigenvalue weighted by Gasteiger charge is 2.20. The predicted octanol–water partition coefficient (Wildman–Crippen LogP) is 3.17. The molecule has 3 atom stereocenters. The molecule has 0 aliphatic heterocycles. The van der Waals surface area contributed by atoms with Gasteiger partial charge in [0.25, 0.3) is 0 Å². The van der Waals surface area contributed by atoms with Gasteiger partial charge in [-0.05, 0) is 52.0 Å². The van der Waals surface area contributed by atoms with Crippen molar-refractivity contribution in [3.05, 3.63) is 0 Å². The summed E-state index contributed by atoms with van der Waals surface area (Å²) >= 11 is 0. The van der Waals surface area contributed by atoms with Gasteiger partial charge in [-0.3, -0.25) is 4.90 Å². The molecule has 0 rings (SSSR count). The van der Waals surface area contributed by atoms with Crippen LogP contribution in [0.5, 0.6) is 0 Å². The minimum Gasteiger partial charge on any atom is -0.379 e. The summed E-state index contributed by atoms with van der Waals surface area (Å²) < 4.78 is 28.4. The first-order chi connectivity index (χ1) is 17.6. The highest BCUT2D eigenvalue weighted by atomic mass is 16.6. The molecule has 0 heterocycles. The lowest BCUT2D eigenvalue weighted by Gasteiger charge is -2.30. The third-order valence-corrected chi connectivity index (χ3v) is 6.03. The van der Waals surface area contributed by atoms with Crippen molar-refractivity contribution in [3.8, 4) is 0 Å². The number of nitrogens with zero attached hydrogens (tertiary/aromatic N) is 1. The second-order valence-electron chi connectivity index (χ2n) is 9.18. The van der Waals surface area contributed by atoms with Gasteiger partial charge >= 0.3 is 0 Å². The quantitative estimate of drug-likeness (QED) is 0.101. The van der Waals surface area contributed by atoms with Gasteiger partial charge in [0.1, 0.15) is 13.6 Å². The van der Waals surface area contributed by atoms with Crippen LogP contribution >= 0.6 is 0 Å². The summed E-state index contributed by atoms with van der Waals surface area (Å²) in [4.78, 5) is 2.24. The third kappa shape index (κ3) is 21.7. The number of ether oxygens (including phenoxy) is 5. The number of aliphatic hydroxyl groups excluding tert-OH is 2. The Kier molecular flexibility index (Phi) is 27.4. The van der Waals surface area contributed by atoms with E-state index in [2.05, 4.69) is 37.9 Å². The molecule has 0 aromatic rings. The maximum absolute atomic E-state index is 9.38. The minimum atomic E-state index is -0.342. The number of unbranched alkanes of at least 4 members (excludes halogenated alkanes) is 3. The van der Waals surface area contributed by atoms with E-state index in [1.165, 1.54) is 0 Å². The van der Waals surface area contributed by atoms with E-state index in [-0.39, 0.29) is 25.8 Å². The van der Waals surface area contributed by atoms with Crippen molar-refractivity contribution in [2.45, 2.75) is 97.4 Å². The van der Waals surface area contributed by atoms with Gasteiger partial charge in [-0.25, -0.2) is 0 Å². The van der Waals surface area contributed by atoms with Crippen LogP contribution in [0.3, 0.4) is 0 Å². The Bertz CT molecular complexity index is 411. The molecule has 0 amide bonds. The lowest BCUT2D eigenvalue weighted by Crippen LogP contribution is -2.45. The normalized spacial score (nSPS) is 14.4. The molecule has 9 heteroatoms. The Morgan fingerprint density at radius 3 is 1.75 bits per heavy atom. The fraction of sp³-hybridized carbons (Fsp3) is 1.00. The standard InChI is InChI=1S/C27H58N2O7/c1-5-9-17-32-21-26(35-23-30)19-29(20-27(36-24-31)22-33-18-10-6-2)16-15-28-14-12-11-13-25(7-3)34-8-4/h25-28,30-31H,5-24H2,1-4H3. The van der Waals surface area contributed by atoms with Gasteiger partial charge in [0.2, 0.25) is 0 Å². The van der Waals surface area contributed by atoms with Crippen LogP contribution < -0.4 is 5.32 Å². The fourth-order valence-corrected chi connectivity index (χ4v) is 3.90. The van der Waals surface area contributed by atoms with E-state index in [4.69, 9.17) is 23.7 Å². The average Bonchev–Trinajstić information content (AvgIpc) is 2.87. The summed E-state index contributed by atoms with van der Waals surface area (Å²) in [6.07, 6.45) is 8.48. The first-order valence-electron chi connectivity index (χ1n) is 14.3. The Hall–Kier alpha value is -0.360. The molecular formula is C27H58N2O7. The number of hydrogen-bond acceptors (Lipinski definition) is 9. The highest BCUT2D eigenvalue weighted by molar-refractivity contribution is 4.72. The highest BCUT2D eigenvalue weighted by Crippen LogP contribution is 2.08. The summed E-state index contributed by atoms with van der Waals surface area (Å²) in [6.45, 7) is 14.6. The van der Waals surface area contributed by atoms with Gasteiger partial charge in [0.05, 0.1) is 31.5 Å². The van der Waals surface area contributed by atoms with Crippen LogP contribution in [-0.4, -0.2) is 113 Å². The summed E-state index contributed by atoms with van der Waals surface area (Å²) in [5, 5.41) is 22.3. The zero-order valence-electron chi connectivity index (χ0n) is 23.8. The van der Waals surface area contributed by atoms with Crippen LogP contribution in [0.2, 0.25) is 0 Å². The molecule has 0 aliphatic carbocycles. The number of hydrogen-bond donors (Lipinski definition) is 3. The Morgan fingerprint density at radius 2 is 1.28 bits per heavy atom. The van der Waals surface area contributed by atoms with Crippen LogP contribution in [-0.2, 0) is 23.7 Å². The summed E-state index contributed by atoms with van der Waals surface area (Å²) in [6, 6.07) is 0. The molecule has 0 aromatic carbocycles. The van der Waals surface area contributed by atoms with Gasteiger partial charge in [-0.1, -0.05) is 33.6 Å². The Labute approximate surface area is 221 Å². The molecule has 0 saturated carbocycles. The molecule has 36 heavy (non-hydrogen) atoms. The van der Waals surface area contributed by atoms with Crippen LogP contribution in [0, 0.1) is 0 Å². The van der Waals surface area contributed by atoms with Crippen molar-refractivity contribution < 1.29 is 33.9 Å². The second-order valence-corrected chi connectivity index (χ2v) is 9.18. The van der Waals surface area contributed by atoms with E-state index in [9.17, 15) is 10.2 Å². The van der Waals surface area contributed by atoms with E-state index in [0.717, 1.165) is 77.6 Å². The summed E-state index contributed by atoms with van der Waals surface area (Å²) in [7, 11) is 0. The smallest absolute Gasteiger partial charge is 0.144 e. The second kappa shape index (κ2) is 27.7. The molecular weight excluding hydrogens is 464 g/mol. The summed E-state index contributed by atoms with van der Waals surface area (Å²) in [5.41, 5.74) is 0. The minimum absolute atomic E-state index is 0.243. The lowest BCUT2D eigenvalue weighted by atomic mass is 10.1. The Morgan fingerprint density at radius 1 is 0.694 bits per heavy atom. The molecule has 3 unspecified atom stereocenters. The molecule has 9 nitrogen and oxygen atoms in total. The zero-order chi connectivity index (χ0) is 26.7. The van der Waals surface area contributed by atoms with E-state index in [1.807, 2.05) is 0 Å². The van der Waals surface area contributed by atoms with E-state index in [1.54, 1.807) is 0 Å².